The third-order valence-corrected chi connectivity index (χ3v) is 3.25. The number of allylic oxidation sites excluding steroid dienone is 1. The molecule has 0 spiro atoms. The van der Waals surface area contributed by atoms with Crippen LogP contribution in [0.1, 0.15) is 37.0 Å². The van der Waals surface area contributed by atoms with E-state index in [-0.39, 0.29) is 6.10 Å². The van der Waals surface area contributed by atoms with Crippen LogP contribution in [-0.2, 0) is 11.2 Å². The Morgan fingerprint density at radius 3 is 3.06 bits per heavy atom. The fraction of sp³-hybridized carbons (Fsp3) is 0.467. The summed E-state index contributed by atoms with van der Waals surface area (Å²) in [4.78, 5) is 0. The molecule has 2 heteroatoms. The topological polar surface area (TPSA) is 29.5 Å². The van der Waals surface area contributed by atoms with Crippen molar-refractivity contribution < 1.29 is 9.84 Å². The molecule has 1 heterocycles. The van der Waals surface area contributed by atoms with Gasteiger partial charge in [-0.25, -0.2) is 0 Å². The number of fused-ring (bicyclic) bond motifs is 1. The van der Waals surface area contributed by atoms with Crippen LogP contribution in [0.15, 0.2) is 36.4 Å². The smallest absolute Gasteiger partial charge is 0.109 e. The average molecular weight is 232 g/mol. The van der Waals surface area contributed by atoms with E-state index in [0.29, 0.717) is 13.0 Å². The highest BCUT2D eigenvalue weighted by atomic mass is 16.5. The Bertz CT molecular complexity index is 398. The van der Waals surface area contributed by atoms with Crippen LogP contribution < -0.4 is 0 Å². The maximum Gasteiger partial charge on any atom is 0.109 e. The third-order valence-electron chi connectivity index (χ3n) is 3.25. The molecule has 17 heavy (non-hydrogen) atoms. The first-order chi connectivity index (χ1) is 8.18. The van der Waals surface area contributed by atoms with E-state index in [0.717, 1.165) is 24.0 Å². The number of hydrogen-bond donors (Lipinski definition) is 1. The van der Waals surface area contributed by atoms with Crippen molar-refractivity contribution in [3.63, 3.8) is 0 Å². The molecule has 0 saturated heterocycles. The summed E-state index contributed by atoms with van der Waals surface area (Å²) in [7, 11) is 0. The van der Waals surface area contributed by atoms with Gasteiger partial charge in [-0.1, -0.05) is 29.8 Å². The van der Waals surface area contributed by atoms with E-state index in [1.165, 1.54) is 5.56 Å². The van der Waals surface area contributed by atoms with Gasteiger partial charge in [0.1, 0.15) is 6.10 Å². The molecule has 0 saturated carbocycles. The predicted molar refractivity (Wildman–Crippen MR) is 68.9 cm³/mol. The van der Waals surface area contributed by atoms with E-state index in [4.69, 9.17) is 4.74 Å². The van der Waals surface area contributed by atoms with Gasteiger partial charge in [0.2, 0.25) is 0 Å². The highest BCUT2D eigenvalue weighted by Gasteiger charge is 2.26. The summed E-state index contributed by atoms with van der Waals surface area (Å²) in [5.74, 6) is 0. The van der Waals surface area contributed by atoms with Crippen molar-refractivity contribution in [2.45, 2.75) is 38.4 Å². The summed E-state index contributed by atoms with van der Waals surface area (Å²) >= 11 is 0. The summed E-state index contributed by atoms with van der Waals surface area (Å²) < 4.78 is 5.72. The van der Waals surface area contributed by atoms with Gasteiger partial charge < -0.3 is 9.84 Å². The van der Waals surface area contributed by atoms with Crippen LogP contribution >= 0.6 is 0 Å². The minimum Gasteiger partial charge on any atom is -0.390 e. The number of hydrogen-bond acceptors (Lipinski definition) is 2. The molecule has 1 aliphatic heterocycles. The molecule has 0 fully saturated rings. The number of ether oxygens (including phenoxy) is 1. The second-order valence-corrected chi connectivity index (χ2v) is 4.80. The average Bonchev–Trinajstić information content (AvgIpc) is 2.35. The van der Waals surface area contributed by atoms with Gasteiger partial charge in [0.25, 0.3) is 0 Å². The zero-order chi connectivity index (χ0) is 12.3. The van der Waals surface area contributed by atoms with Crippen molar-refractivity contribution >= 4 is 0 Å². The summed E-state index contributed by atoms with van der Waals surface area (Å²) in [6.07, 6.45) is 1.91. The zero-order valence-electron chi connectivity index (χ0n) is 10.4. The molecule has 0 radical (unpaired) electrons. The lowest BCUT2D eigenvalue weighted by Crippen LogP contribution is -2.27. The largest absolute Gasteiger partial charge is 0.390 e. The van der Waals surface area contributed by atoms with Crippen molar-refractivity contribution in [1.82, 2.24) is 0 Å². The Morgan fingerprint density at radius 2 is 2.29 bits per heavy atom. The van der Waals surface area contributed by atoms with E-state index < -0.39 is 6.10 Å². The second kappa shape index (κ2) is 5.48. The van der Waals surface area contributed by atoms with E-state index in [1.807, 2.05) is 19.1 Å². The maximum atomic E-state index is 10.2. The van der Waals surface area contributed by atoms with Crippen molar-refractivity contribution in [3.05, 3.63) is 47.5 Å². The summed E-state index contributed by atoms with van der Waals surface area (Å²) in [5.41, 5.74) is 3.55. The molecule has 2 nitrogen and oxygen atoms in total. The van der Waals surface area contributed by atoms with E-state index in [2.05, 4.69) is 18.7 Å². The zero-order valence-corrected chi connectivity index (χ0v) is 10.4. The monoisotopic (exact) mass is 232 g/mol. The third kappa shape index (κ3) is 2.96. The van der Waals surface area contributed by atoms with Crippen LogP contribution in [0.5, 0.6) is 0 Å². The first-order valence-corrected chi connectivity index (χ1v) is 6.20. The minimum absolute atomic E-state index is 0.167. The van der Waals surface area contributed by atoms with Gasteiger partial charge >= 0.3 is 0 Å². The lowest BCUT2D eigenvalue weighted by atomic mass is 9.92. The first kappa shape index (κ1) is 12.3. The fourth-order valence-corrected chi connectivity index (χ4v) is 2.29. The lowest BCUT2D eigenvalue weighted by Gasteiger charge is -2.29. The second-order valence-electron chi connectivity index (χ2n) is 4.80. The molecule has 92 valence electrons. The molecule has 0 aliphatic carbocycles. The van der Waals surface area contributed by atoms with E-state index in [9.17, 15) is 5.11 Å². The maximum absolute atomic E-state index is 10.2. The quantitative estimate of drug-likeness (QED) is 0.809. The molecule has 1 aromatic carbocycles. The highest BCUT2D eigenvalue weighted by Crippen LogP contribution is 2.31. The highest BCUT2D eigenvalue weighted by molar-refractivity contribution is 5.31. The van der Waals surface area contributed by atoms with Crippen LogP contribution in [0.4, 0.5) is 0 Å². The molecule has 1 aliphatic rings. The summed E-state index contributed by atoms with van der Waals surface area (Å²) in [5, 5.41) is 10.2. The van der Waals surface area contributed by atoms with Crippen molar-refractivity contribution in [3.8, 4) is 0 Å². The molecule has 0 amide bonds. The van der Waals surface area contributed by atoms with Crippen molar-refractivity contribution in [2.24, 2.45) is 0 Å². The minimum atomic E-state index is -0.437. The standard InChI is InChI=1S/C15H20O2/c1-11(2)7-8-14(16)15-13-6-4-3-5-12(13)9-10-17-15/h3-6,14-16H,1,7-10H2,2H3. The number of aliphatic hydroxyl groups is 1. The molecule has 2 rings (SSSR count). The fourth-order valence-electron chi connectivity index (χ4n) is 2.29. The lowest BCUT2D eigenvalue weighted by molar-refractivity contribution is -0.0493. The van der Waals surface area contributed by atoms with Crippen molar-refractivity contribution in [2.75, 3.05) is 6.61 Å². The Morgan fingerprint density at radius 1 is 1.53 bits per heavy atom. The van der Waals surface area contributed by atoms with E-state index in [1.54, 1.807) is 0 Å². The van der Waals surface area contributed by atoms with Crippen LogP contribution in [0.2, 0.25) is 0 Å². The summed E-state index contributed by atoms with van der Waals surface area (Å²) in [6.45, 7) is 6.55. The molecule has 2 atom stereocenters. The van der Waals surface area contributed by atoms with Gasteiger partial charge in [-0.2, -0.15) is 0 Å². The number of rotatable bonds is 4. The Labute approximate surface area is 103 Å². The molecule has 0 aromatic heterocycles. The van der Waals surface area contributed by atoms with Gasteiger partial charge in [-0.3, -0.25) is 0 Å². The number of benzene rings is 1. The SMILES string of the molecule is C=C(C)CCC(O)C1OCCc2ccccc21. The molecule has 2 unspecified atom stereocenters. The van der Waals surface area contributed by atoms with Gasteiger partial charge in [0.05, 0.1) is 12.7 Å². The molecular weight excluding hydrogens is 212 g/mol. The Kier molecular flexibility index (Phi) is 3.97. The van der Waals surface area contributed by atoms with Gasteiger partial charge in [0.15, 0.2) is 0 Å². The van der Waals surface area contributed by atoms with Gasteiger partial charge in [-0.05, 0) is 37.3 Å². The summed E-state index contributed by atoms with van der Waals surface area (Å²) in [6, 6.07) is 8.23. The predicted octanol–water partition coefficient (Wildman–Crippen LogP) is 3.02. The van der Waals surface area contributed by atoms with Crippen LogP contribution in [0.3, 0.4) is 0 Å². The first-order valence-electron chi connectivity index (χ1n) is 6.20. The van der Waals surface area contributed by atoms with Crippen LogP contribution in [0, 0.1) is 0 Å². The Balaban J connectivity index is 2.09. The van der Waals surface area contributed by atoms with Gasteiger partial charge in [0, 0.05) is 0 Å². The molecular formula is C15H20O2. The van der Waals surface area contributed by atoms with Crippen LogP contribution in [0.25, 0.3) is 0 Å². The Hall–Kier alpha value is -1.12. The molecule has 1 N–H and O–H groups in total. The molecule has 0 bridgehead atoms. The molecule has 1 aromatic rings. The van der Waals surface area contributed by atoms with E-state index >= 15 is 0 Å². The number of aliphatic hydroxyl groups excluding tert-OH is 1. The normalized spacial score (nSPS) is 20.7. The van der Waals surface area contributed by atoms with Crippen LogP contribution in [-0.4, -0.2) is 17.8 Å². The van der Waals surface area contributed by atoms with Gasteiger partial charge in [-0.15, -0.1) is 6.58 Å². The van der Waals surface area contributed by atoms with Crippen molar-refractivity contribution in [1.29, 1.82) is 0 Å².